The molecule has 0 aliphatic heterocycles. The molecule has 6 heteroatoms. The zero-order valence-electron chi connectivity index (χ0n) is 15.8. The van der Waals surface area contributed by atoms with E-state index in [2.05, 4.69) is 15.2 Å². The zero-order valence-corrected chi connectivity index (χ0v) is 16.6. The number of halogens is 1. The standard InChI is InChI=1S/C24H16FN3OS/c25-18-12-10-16(11-13-18)22-20-8-4-5-9-21(20)24(28-27-22)30-15-19-14-29-23(26-19)17-6-2-1-3-7-17/h1-14H,15H2. The first-order valence-corrected chi connectivity index (χ1v) is 10.4. The molecule has 0 bridgehead atoms. The van der Waals surface area contributed by atoms with Gasteiger partial charge in [0, 0.05) is 27.7 Å². The predicted octanol–water partition coefficient (Wildman–Crippen LogP) is 6.38. The van der Waals surface area contributed by atoms with Crippen LogP contribution in [0.25, 0.3) is 33.5 Å². The molecule has 5 rings (SSSR count). The lowest BCUT2D eigenvalue weighted by Gasteiger charge is -2.08. The molecule has 0 aliphatic rings. The van der Waals surface area contributed by atoms with Crippen molar-refractivity contribution >= 4 is 22.5 Å². The highest BCUT2D eigenvalue weighted by Gasteiger charge is 2.13. The van der Waals surface area contributed by atoms with Crippen LogP contribution in [-0.4, -0.2) is 15.2 Å². The van der Waals surface area contributed by atoms with Crippen molar-refractivity contribution in [2.24, 2.45) is 0 Å². The largest absolute Gasteiger partial charge is 0.444 e. The molecule has 0 saturated carbocycles. The van der Waals surface area contributed by atoms with Gasteiger partial charge in [-0.25, -0.2) is 9.37 Å². The Hall–Kier alpha value is -3.51. The molecule has 2 aromatic heterocycles. The molecular formula is C24H16FN3OS. The van der Waals surface area contributed by atoms with Crippen molar-refractivity contribution in [2.75, 3.05) is 0 Å². The second kappa shape index (κ2) is 8.08. The number of oxazole rings is 1. The van der Waals surface area contributed by atoms with Crippen LogP contribution < -0.4 is 0 Å². The van der Waals surface area contributed by atoms with Gasteiger partial charge in [0.15, 0.2) is 0 Å². The minimum Gasteiger partial charge on any atom is -0.444 e. The first kappa shape index (κ1) is 18.5. The molecule has 0 spiro atoms. The normalized spacial score (nSPS) is 11.1. The molecule has 30 heavy (non-hydrogen) atoms. The summed E-state index contributed by atoms with van der Waals surface area (Å²) in [6.07, 6.45) is 1.68. The van der Waals surface area contributed by atoms with Crippen LogP contribution in [-0.2, 0) is 5.75 Å². The van der Waals surface area contributed by atoms with Crippen LogP contribution >= 0.6 is 11.8 Å². The van der Waals surface area contributed by atoms with Gasteiger partial charge in [0.1, 0.15) is 22.8 Å². The maximum absolute atomic E-state index is 13.3. The number of hydrogen-bond acceptors (Lipinski definition) is 5. The van der Waals surface area contributed by atoms with E-state index in [9.17, 15) is 4.39 Å². The SMILES string of the molecule is Fc1ccc(-c2nnc(SCc3coc(-c4ccccc4)n3)c3ccccc23)cc1. The maximum Gasteiger partial charge on any atom is 0.226 e. The Bertz CT molecular complexity index is 1300. The van der Waals surface area contributed by atoms with Crippen LogP contribution in [0.1, 0.15) is 5.69 Å². The Morgan fingerprint density at radius 3 is 2.30 bits per heavy atom. The van der Waals surface area contributed by atoms with E-state index in [0.29, 0.717) is 11.6 Å². The fourth-order valence-corrected chi connectivity index (χ4v) is 4.09. The Balaban J connectivity index is 1.42. The summed E-state index contributed by atoms with van der Waals surface area (Å²) in [5.74, 6) is 0.949. The average molecular weight is 413 g/mol. The van der Waals surface area contributed by atoms with E-state index in [-0.39, 0.29) is 5.82 Å². The third kappa shape index (κ3) is 3.69. The van der Waals surface area contributed by atoms with Crippen LogP contribution in [0.15, 0.2) is 94.6 Å². The molecule has 0 saturated heterocycles. The van der Waals surface area contributed by atoms with Crippen molar-refractivity contribution in [3.8, 4) is 22.7 Å². The highest BCUT2D eigenvalue weighted by molar-refractivity contribution is 7.98. The van der Waals surface area contributed by atoms with Gasteiger partial charge in [-0.15, -0.1) is 10.2 Å². The highest BCUT2D eigenvalue weighted by atomic mass is 32.2. The molecule has 4 nitrogen and oxygen atoms in total. The van der Waals surface area contributed by atoms with Gasteiger partial charge < -0.3 is 4.42 Å². The molecule has 5 aromatic rings. The van der Waals surface area contributed by atoms with Crippen LogP contribution in [0.3, 0.4) is 0 Å². The summed E-state index contributed by atoms with van der Waals surface area (Å²) in [4.78, 5) is 4.58. The third-order valence-corrected chi connectivity index (χ3v) is 5.72. The summed E-state index contributed by atoms with van der Waals surface area (Å²) < 4.78 is 18.9. The van der Waals surface area contributed by atoms with Crippen LogP contribution in [0.5, 0.6) is 0 Å². The van der Waals surface area contributed by atoms with Gasteiger partial charge in [0.05, 0.1) is 5.69 Å². The van der Waals surface area contributed by atoms with Gasteiger partial charge in [0.25, 0.3) is 0 Å². The summed E-state index contributed by atoms with van der Waals surface area (Å²) in [5.41, 5.74) is 3.36. The first-order chi connectivity index (χ1) is 14.8. The molecule has 0 N–H and O–H groups in total. The van der Waals surface area contributed by atoms with Crippen LogP contribution in [0.4, 0.5) is 4.39 Å². The number of benzene rings is 3. The van der Waals surface area contributed by atoms with E-state index < -0.39 is 0 Å². The molecule has 0 radical (unpaired) electrons. The number of nitrogens with zero attached hydrogens (tertiary/aromatic N) is 3. The molecule has 0 fully saturated rings. The fraction of sp³-hybridized carbons (Fsp3) is 0.0417. The van der Waals surface area contributed by atoms with Gasteiger partial charge in [-0.3, -0.25) is 0 Å². The van der Waals surface area contributed by atoms with E-state index in [1.165, 1.54) is 12.1 Å². The van der Waals surface area contributed by atoms with Crippen LogP contribution in [0.2, 0.25) is 0 Å². The molecular weight excluding hydrogens is 397 g/mol. The minimum absolute atomic E-state index is 0.273. The lowest BCUT2D eigenvalue weighted by molar-refractivity contribution is 0.573. The van der Waals surface area contributed by atoms with E-state index in [1.54, 1.807) is 30.2 Å². The van der Waals surface area contributed by atoms with E-state index in [0.717, 1.165) is 38.3 Å². The molecule has 0 atom stereocenters. The Kier molecular flexibility index (Phi) is 4.99. The van der Waals surface area contributed by atoms with E-state index >= 15 is 0 Å². The predicted molar refractivity (Wildman–Crippen MR) is 116 cm³/mol. The topological polar surface area (TPSA) is 51.8 Å². The first-order valence-electron chi connectivity index (χ1n) is 9.42. The summed E-state index contributed by atoms with van der Waals surface area (Å²) in [6, 6.07) is 24.1. The van der Waals surface area contributed by atoms with Gasteiger partial charge in [-0.05, 0) is 36.4 Å². The number of rotatable bonds is 5. The fourth-order valence-electron chi connectivity index (χ4n) is 3.24. The molecule has 2 heterocycles. The number of hydrogen-bond donors (Lipinski definition) is 0. The van der Waals surface area contributed by atoms with E-state index in [1.807, 2.05) is 54.6 Å². The van der Waals surface area contributed by atoms with Crippen LogP contribution in [0, 0.1) is 5.82 Å². The lowest BCUT2D eigenvalue weighted by atomic mass is 10.1. The second-order valence-electron chi connectivity index (χ2n) is 6.70. The highest BCUT2D eigenvalue weighted by Crippen LogP contribution is 2.33. The molecule has 3 aromatic carbocycles. The van der Waals surface area contributed by atoms with Crippen molar-refractivity contribution in [1.29, 1.82) is 0 Å². The second-order valence-corrected chi connectivity index (χ2v) is 7.67. The van der Waals surface area contributed by atoms with E-state index in [4.69, 9.17) is 4.42 Å². The molecule has 146 valence electrons. The Morgan fingerprint density at radius 1 is 0.767 bits per heavy atom. The van der Waals surface area contributed by atoms with Crippen molar-refractivity contribution in [3.63, 3.8) is 0 Å². The summed E-state index contributed by atoms with van der Waals surface area (Å²) in [6.45, 7) is 0. The quantitative estimate of drug-likeness (QED) is 0.313. The summed E-state index contributed by atoms with van der Waals surface area (Å²) in [7, 11) is 0. The number of aromatic nitrogens is 3. The smallest absolute Gasteiger partial charge is 0.226 e. The van der Waals surface area contributed by atoms with Crippen molar-refractivity contribution in [3.05, 3.63) is 96.6 Å². The summed E-state index contributed by atoms with van der Waals surface area (Å²) in [5, 5.41) is 11.7. The van der Waals surface area contributed by atoms with Gasteiger partial charge in [-0.1, -0.05) is 54.2 Å². The monoisotopic (exact) mass is 413 g/mol. The van der Waals surface area contributed by atoms with Gasteiger partial charge >= 0.3 is 0 Å². The minimum atomic E-state index is -0.273. The zero-order chi connectivity index (χ0) is 20.3. The average Bonchev–Trinajstić information content (AvgIpc) is 3.28. The molecule has 0 aliphatic carbocycles. The molecule has 0 amide bonds. The number of thioether (sulfide) groups is 1. The Morgan fingerprint density at radius 2 is 1.50 bits per heavy atom. The van der Waals surface area contributed by atoms with Crippen molar-refractivity contribution < 1.29 is 8.81 Å². The summed E-state index contributed by atoms with van der Waals surface area (Å²) >= 11 is 1.56. The third-order valence-electron chi connectivity index (χ3n) is 4.70. The lowest BCUT2D eigenvalue weighted by Crippen LogP contribution is -1.94. The van der Waals surface area contributed by atoms with Gasteiger partial charge in [-0.2, -0.15) is 0 Å². The van der Waals surface area contributed by atoms with Gasteiger partial charge in [0.2, 0.25) is 5.89 Å². The maximum atomic E-state index is 13.3. The molecule has 0 unspecified atom stereocenters. The van der Waals surface area contributed by atoms with Crippen molar-refractivity contribution in [2.45, 2.75) is 10.8 Å². The van der Waals surface area contributed by atoms with Crippen molar-refractivity contribution in [1.82, 2.24) is 15.2 Å². The number of fused-ring (bicyclic) bond motifs is 1. The Labute approximate surface area is 176 Å².